The standard InChI is InChI=1S/C17H24ClN3O3/c1-19-16(22)12-24-17(23)20-10-13-6-8-21(9-7-13)11-14-4-2-3-5-15(14)18/h2-5,13H,6-12H2,1H3,(H,19,22)(H,20,23). The lowest BCUT2D eigenvalue weighted by Crippen LogP contribution is -2.39. The Balaban J connectivity index is 1.65. The van der Waals surface area contributed by atoms with Crippen molar-refractivity contribution in [2.75, 3.05) is 33.3 Å². The molecular formula is C17H24ClN3O3. The number of piperidine rings is 1. The van der Waals surface area contributed by atoms with Gasteiger partial charge in [-0.25, -0.2) is 4.79 Å². The second kappa shape index (κ2) is 9.49. The lowest BCUT2D eigenvalue weighted by molar-refractivity contribution is -0.123. The van der Waals surface area contributed by atoms with Crippen LogP contribution >= 0.6 is 11.6 Å². The van der Waals surface area contributed by atoms with E-state index >= 15 is 0 Å². The van der Waals surface area contributed by atoms with E-state index in [1.165, 1.54) is 7.05 Å². The molecule has 24 heavy (non-hydrogen) atoms. The van der Waals surface area contributed by atoms with Crippen LogP contribution in [0.25, 0.3) is 0 Å². The molecule has 0 bridgehead atoms. The van der Waals surface area contributed by atoms with Gasteiger partial charge in [0.1, 0.15) is 0 Å². The second-order valence-electron chi connectivity index (χ2n) is 5.94. The summed E-state index contributed by atoms with van der Waals surface area (Å²) in [6, 6.07) is 7.91. The number of carbonyl (C=O) groups excluding carboxylic acids is 2. The first-order valence-electron chi connectivity index (χ1n) is 8.15. The maximum atomic E-state index is 11.5. The zero-order valence-corrected chi connectivity index (χ0v) is 14.6. The van der Waals surface area contributed by atoms with E-state index in [1.807, 2.05) is 18.2 Å². The number of ether oxygens (including phenoxy) is 1. The lowest BCUT2D eigenvalue weighted by Gasteiger charge is -2.32. The molecule has 1 aliphatic heterocycles. The molecule has 132 valence electrons. The summed E-state index contributed by atoms with van der Waals surface area (Å²) in [5.41, 5.74) is 1.15. The van der Waals surface area contributed by atoms with Crippen molar-refractivity contribution in [2.45, 2.75) is 19.4 Å². The molecule has 1 saturated heterocycles. The van der Waals surface area contributed by atoms with Crippen molar-refractivity contribution in [3.8, 4) is 0 Å². The molecule has 7 heteroatoms. The third-order valence-electron chi connectivity index (χ3n) is 4.21. The van der Waals surface area contributed by atoms with E-state index in [1.54, 1.807) is 0 Å². The number of nitrogens with one attached hydrogen (secondary N) is 2. The van der Waals surface area contributed by atoms with Gasteiger partial charge in [0.2, 0.25) is 0 Å². The van der Waals surface area contributed by atoms with Gasteiger partial charge in [-0.1, -0.05) is 29.8 Å². The van der Waals surface area contributed by atoms with E-state index < -0.39 is 6.09 Å². The Morgan fingerprint density at radius 3 is 2.67 bits per heavy atom. The Bertz CT molecular complexity index is 560. The zero-order valence-electron chi connectivity index (χ0n) is 13.9. The van der Waals surface area contributed by atoms with Crippen LogP contribution in [0.15, 0.2) is 24.3 Å². The first-order valence-corrected chi connectivity index (χ1v) is 8.53. The molecule has 2 rings (SSSR count). The van der Waals surface area contributed by atoms with Crippen LogP contribution in [-0.4, -0.2) is 50.2 Å². The molecule has 1 aromatic carbocycles. The van der Waals surface area contributed by atoms with Crippen molar-refractivity contribution in [1.82, 2.24) is 15.5 Å². The van der Waals surface area contributed by atoms with Gasteiger partial charge >= 0.3 is 6.09 Å². The van der Waals surface area contributed by atoms with Crippen molar-refractivity contribution >= 4 is 23.6 Å². The molecule has 0 aromatic heterocycles. The summed E-state index contributed by atoms with van der Waals surface area (Å²) in [5, 5.41) is 5.93. The second-order valence-corrected chi connectivity index (χ2v) is 6.35. The topological polar surface area (TPSA) is 70.7 Å². The number of rotatable bonds is 6. The fraction of sp³-hybridized carbons (Fsp3) is 0.529. The molecule has 1 aliphatic rings. The summed E-state index contributed by atoms with van der Waals surface area (Å²) in [7, 11) is 1.50. The van der Waals surface area contributed by atoms with Gasteiger partial charge in [0, 0.05) is 25.2 Å². The molecule has 0 unspecified atom stereocenters. The highest BCUT2D eigenvalue weighted by molar-refractivity contribution is 6.31. The summed E-state index contributed by atoms with van der Waals surface area (Å²) in [4.78, 5) is 24.9. The summed E-state index contributed by atoms with van der Waals surface area (Å²) in [6.45, 7) is 3.13. The third-order valence-corrected chi connectivity index (χ3v) is 4.58. The molecule has 6 nitrogen and oxygen atoms in total. The van der Waals surface area contributed by atoms with E-state index in [0.717, 1.165) is 43.1 Å². The Morgan fingerprint density at radius 1 is 1.29 bits per heavy atom. The summed E-state index contributed by atoms with van der Waals surface area (Å²) < 4.78 is 4.81. The summed E-state index contributed by atoms with van der Waals surface area (Å²) in [5.74, 6) is 0.109. The normalized spacial score (nSPS) is 15.8. The smallest absolute Gasteiger partial charge is 0.407 e. The van der Waals surface area contributed by atoms with Crippen LogP contribution in [0, 0.1) is 5.92 Å². The van der Waals surface area contributed by atoms with Crippen LogP contribution in [0.5, 0.6) is 0 Å². The van der Waals surface area contributed by atoms with Gasteiger partial charge in [-0.15, -0.1) is 0 Å². The number of alkyl carbamates (subject to hydrolysis) is 1. The van der Waals surface area contributed by atoms with Gasteiger partial charge in [-0.05, 0) is 43.5 Å². The Hall–Kier alpha value is -1.79. The Kier molecular flexibility index (Phi) is 7.34. The largest absolute Gasteiger partial charge is 0.439 e. The van der Waals surface area contributed by atoms with E-state index in [0.29, 0.717) is 12.5 Å². The van der Waals surface area contributed by atoms with Gasteiger partial charge in [-0.3, -0.25) is 9.69 Å². The number of hydrogen-bond donors (Lipinski definition) is 2. The number of likely N-dealkylation sites (N-methyl/N-ethyl adjacent to an activating group) is 1. The zero-order chi connectivity index (χ0) is 17.4. The molecule has 0 saturated carbocycles. The molecule has 1 fully saturated rings. The number of carbonyl (C=O) groups is 2. The molecule has 0 spiro atoms. The number of amides is 2. The maximum absolute atomic E-state index is 11.5. The summed E-state index contributed by atoms with van der Waals surface area (Å²) >= 11 is 6.20. The molecular weight excluding hydrogens is 330 g/mol. The minimum Gasteiger partial charge on any atom is -0.439 e. The lowest BCUT2D eigenvalue weighted by atomic mass is 9.96. The van der Waals surface area contributed by atoms with Crippen LogP contribution < -0.4 is 10.6 Å². The maximum Gasteiger partial charge on any atom is 0.407 e. The SMILES string of the molecule is CNC(=O)COC(=O)NCC1CCN(Cc2ccccc2Cl)CC1. The van der Waals surface area contributed by atoms with Crippen molar-refractivity contribution < 1.29 is 14.3 Å². The van der Waals surface area contributed by atoms with E-state index in [-0.39, 0.29) is 12.5 Å². The average molecular weight is 354 g/mol. The van der Waals surface area contributed by atoms with Gasteiger partial charge in [-0.2, -0.15) is 0 Å². The predicted molar refractivity (Wildman–Crippen MR) is 92.9 cm³/mol. The molecule has 2 amide bonds. The van der Waals surface area contributed by atoms with Gasteiger partial charge < -0.3 is 15.4 Å². The van der Waals surface area contributed by atoms with E-state index in [4.69, 9.17) is 16.3 Å². The van der Waals surface area contributed by atoms with Crippen LogP contribution in [0.2, 0.25) is 5.02 Å². The first-order chi connectivity index (χ1) is 11.6. The first kappa shape index (κ1) is 18.5. The van der Waals surface area contributed by atoms with Crippen molar-refractivity contribution in [1.29, 1.82) is 0 Å². The van der Waals surface area contributed by atoms with Gasteiger partial charge in [0.05, 0.1) is 0 Å². The monoisotopic (exact) mass is 353 g/mol. The summed E-state index contributed by atoms with van der Waals surface area (Å²) in [6.07, 6.45) is 1.48. The van der Waals surface area contributed by atoms with Crippen LogP contribution in [0.1, 0.15) is 18.4 Å². The Labute approximate surface area is 147 Å². The fourth-order valence-corrected chi connectivity index (χ4v) is 2.89. The van der Waals surface area contributed by atoms with Crippen LogP contribution in [-0.2, 0) is 16.1 Å². The average Bonchev–Trinajstić information content (AvgIpc) is 2.61. The number of nitrogens with zero attached hydrogens (tertiary/aromatic N) is 1. The quantitative estimate of drug-likeness (QED) is 0.821. The van der Waals surface area contributed by atoms with Crippen LogP contribution in [0.3, 0.4) is 0 Å². The number of likely N-dealkylation sites (tertiary alicyclic amines) is 1. The van der Waals surface area contributed by atoms with E-state index in [2.05, 4.69) is 21.6 Å². The van der Waals surface area contributed by atoms with Gasteiger partial charge in [0.15, 0.2) is 6.61 Å². The number of benzene rings is 1. The molecule has 1 heterocycles. The highest BCUT2D eigenvalue weighted by Crippen LogP contribution is 2.21. The van der Waals surface area contributed by atoms with Crippen LogP contribution in [0.4, 0.5) is 4.79 Å². The highest BCUT2D eigenvalue weighted by Gasteiger charge is 2.20. The number of hydrogen-bond acceptors (Lipinski definition) is 4. The highest BCUT2D eigenvalue weighted by atomic mass is 35.5. The minimum absolute atomic E-state index is 0.251. The third kappa shape index (κ3) is 6.02. The molecule has 0 atom stereocenters. The Morgan fingerprint density at radius 2 is 2.00 bits per heavy atom. The van der Waals surface area contributed by atoms with Crippen molar-refractivity contribution in [3.63, 3.8) is 0 Å². The molecule has 2 N–H and O–H groups in total. The fourth-order valence-electron chi connectivity index (χ4n) is 2.70. The predicted octanol–water partition coefficient (Wildman–Crippen LogP) is 2.02. The minimum atomic E-state index is -0.544. The van der Waals surface area contributed by atoms with Crippen molar-refractivity contribution in [3.05, 3.63) is 34.9 Å². The van der Waals surface area contributed by atoms with E-state index in [9.17, 15) is 9.59 Å². The van der Waals surface area contributed by atoms with Crippen molar-refractivity contribution in [2.24, 2.45) is 5.92 Å². The molecule has 0 aliphatic carbocycles. The van der Waals surface area contributed by atoms with Gasteiger partial charge in [0.25, 0.3) is 5.91 Å². The molecule has 1 aromatic rings. The number of halogens is 1. The molecule has 0 radical (unpaired) electrons.